The highest BCUT2D eigenvalue weighted by molar-refractivity contribution is 5.82. The number of carbonyl (C=O) groups is 1. The fourth-order valence-corrected chi connectivity index (χ4v) is 3.64. The fraction of sp³-hybridized carbons (Fsp3) is 0.938. The molecular weight excluding hydrogens is 222 g/mol. The second-order valence-electron chi connectivity index (χ2n) is 6.78. The lowest BCUT2D eigenvalue weighted by molar-refractivity contribution is -0.127. The molecule has 2 aliphatic rings. The van der Waals surface area contributed by atoms with Crippen molar-refractivity contribution in [3.8, 4) is 0 Å². The molecule has 0 spiro atoms. The average Bonchev–Trinajstić information content (AvgIpc) is 2.34. The largest absolute Gasteiger partial charge is 0.300 e. The van der Waals surface area contributed by atoms with Crippen molar-refractivity contribution in [2.45, 2.75) is 65.3 Å². The molecule has 0 N–H and O–H groups in total. The van der Waals surface area contributed by atoms with Gasteiger partial charge in [-0.15, -0.1) is 0 Å². The maximum absolute atomic E-state index is 12.1. The van der Waals surface area contributed by atoms with Crippen molar-refractivity contribution in [2.75, 3.05) is 13.1 Å². The zero-order valence-electron chi connectivity index (χ0n) is 12.3. The Hall–Kier alpha value is -0.370. The van der Waals surface area contributed by atoms with E-state index >= 15 is 0 Å². The molecule has 0 amide bonds. The third-order valence-electron chi connectivity index (χ3n) is 5.14. The minimum absolute atomic E-state index is 0.326. The van der Waals surface area contributed by atoms with E-state index in [-0.39, 0.29) is 0 Å². The maximum Gasteiger partial charge on any atom is 0.137 e. The van der Waals surface area contributed by atoms with E-state index in [2.05, 4.69) is 25.7 Å². The maximum atomic E-state index is 12.1. The summed E-state index contributed by atoms with van der Waals surface area (Å²) in [5.74, 6) is 2.36. The number of carbonyl (C=O) groups excluding carboxylic acids is 1. The predicted molar refractivity (Wildman–Crippen MR) is 75.6 cm³/mol. The molecule has 2 fully saturated rings. The van der Waals surface area contributed by atoms with Gasteiger partial charge in [0.15, 0.2) is 0 Å². The Balaban J connectivity index is 1.91. The van der Waals surface area contributed by atoms with Gasteiger partial charge in [-0.05, 0) is 51.0 Å². The molecule has 1 aliphatic carbocycles. The van der Waals surface area contributed by atoms with Crippen molar-refractivity contribution < 1.29 is 4.79 Å². The zero-order chi connectivity index (χ0) is 13.1. The third-order valence-corrected chi connectivity index (χ3v) is 5.14. The van der Waals surface area contributed by atoms with Crippen LogP contribution in [0.3, 0.4) is 0 Å². The fourth-order valence-electron chi connectivity index (χ4n) is 3.64. The Labute approximate surface area is 112 Å². The van der Waals surface area contributed by atoms with E-state index in [0.717, 1.165) is 37.6 Å². The Morgan fingerprint density at radius 1 is 1.28 bits per heavy atom. The molecule has 3 unspecified atom stereocenters. The van der Waals surface area contributed by atoms with Gasteiger partial charge in [0.05, 0.1) is 0 Å². The van der Waals surface area contributed by atoms with Gasteiger partial charge in [-0.2, -0.15) is 0 Å². The number of hydrogen-bond acceptors (Lipinski definition) is 2. The summed E-state index contributed by atoms with van der Waals surface area (Å²) >= 11 is 0. The summed E-state index contributed by atoms with van der Waals surface area (Å²) in [6, 6.07) is 0.686. The van der Waals surface area contributed by atoms with Gasteiger partial charge in [-0.3, -0.25) is 9.69 Å². The highest BCUT2D eigenvalue weighted by Gasteiger charge is 2.32. The normalized spacial score (nSPS) is 35.1. The Bertz CT molecular complexity index is 287. The lowest BCUT2D eigenvalue weighted by Crippen LogP contribution is -2.44. The lowest BCUT2D eigenvalue weighted by Gasteiger charge is -2.38. The molecule has 18 heavy (non-hydrogen) atoms. The first kappa shape index (κ1) is 14.0. The molecule has 0 aromatic carbocycles. The van der Waals surface area contributed by atoms with Crippen molar-refractivity contribution in [1.29, 1.82) is 0 Å². The Kier molecular flexibility index (Phi) is 4.83. The third kappa shape index (κ3) is 3.34. The molecule has 1 saturated carbocycles. The molecule has 2 nitrogen and oxygen atoms in total. The van der Waals surface area contributed by atoms with Crippen LogP contribution in [0.5, 0.6) is 0 Å². The number of nitrogens with zero attached hydrogens (tertiary/aromatic N) is 1. The van der Waals surface area contributed by atoms with E-state index in [0.29, 0.717) is 17.7 Å². The van der Waals surface area contributed by atoms with Crippen molar-refractivity contribution in [2.24, 2.45) is 17.8 Å². The molecule has 1 heterocycles. The zero-order valence-corrected chi connectivity index (χ0v) is 12.3. The number of Topliss-reactive ketones (excluding diaryl/α,β-unsaturated/α-hetero) is 1. The van der Waals surface area contributed by atoms with Crippen LogP contribution in [0.4, 0.5) is 0 Å². The molecule has 1 saturated heterocycles. The van der Waals surface area contributed by atoms with Crippen molar-refractivity contribution in [3.63, 3.8) is 0 Å². The first-order valence-corrected chi connectivity index (χ1v) is 7.84. The highest BCUT2D eigenvalue weighted by atomic mass is 16.1. The van der Waals surface area contributed by atoms with E-state index in [9.17, 15) is 4.79 Å². The number of piperidine rings is 1. The highest BCUT2D eigenvalue weighted by Crippen LogP contribution is 2.33. The second-order valence-corrected chi connectivity index (χ2v) is 6.78. The van der Waals surface area contributed by atoms with E-state index in [1.165, 1.54) is 25.8 Å². The monoisotopic (exact) mass is 251 g/mol. The van der Waals surface area contributed by atoms with E-state index in [1.807, 2.05) is 0 Å². The molecule has 0 aromatic rings. The first-order chi connectivity index (χ1) is 8.58. The quantitative estimate of drug-likeness (QED) is 0.765. The minimum atomic E-state index is 0.326. The van der Waals surface area contributed by atoms with Crippen LogP contribution in [0.1, 0.15) is 59.3 Å². The van der Waals surface area contributed by atoms with Gasteiger partial charge < -0.3 is 0 Å². The molecule has 2 rings (SSSR count). The first-order valence-electron chi connectivity index (χ1n) is 7.84. The van der Waals surface area contributed by atoms with Crippen LogP contribution in [-0.2, 0) is 4.79 Å². The molecule has 3 atom stereocenters. The summed E-state index contributed by atoms with van der Waals surface area (Å²) in [7, 11) is 0. The van der Waals surface area contributed by atoms with Crippen molar-refractivity contribution in [3.05, 3.63) is 0 Å². The number of rotatable bonds is 3. The number of ketones is 1. The van der Waals surface area contributed by atoms with Crippen LogP contribution < -0.4 is 0 Å². The number of likely N-dealkylation sites (tertiary alicyclic amines) is 1. The van der Waals surface area contributed by atoms with Crippen molar-refractivity contribution in [1.82, 2.24) is 4.90 Å². The Morgan fingerprint density at radius 3 is 2.72 bits per heavy atom. The standard InChI is InChI=1S/C16H29NO/c1-12(2)14-7-8-16(18)15(10-14)11-17-9-5-4-6-13(17)3/h12-15H,4-11H2,1-3H3. The van der Waals surface area contributed by atoms with E-state index in [1.54, 1.807) is 0 Å². The lowest BCUT2D eigenvalue weighted by atomic mass is 9.75. The van der Waals surface area contributed by atoms with E-state index < -0.39 is 0 Å². The molecule has 104 valence electrons. The molecule has 0 radical (unpaired) electrons. The summed E-state index contributed by atoms with van der Waals surface area (Å²) in [6.45, 7) is 9.18. The molecule has 2 heteroatoms. The number of hydrogen-bond donors (Lipinski definition) is 0. The van der Waals surface area contributed by atoms with Crippen molar-refractivity contribution >= 4 is 5.78 Å². The van der Waals surface area contributed by atoms with Gasteiger partial charge in [0.25, 0.3) is 0 Å². The summed E-state index contributed by atoms with van der Waals surface area (Å²) in [4.78, 5) is 14.7. The summed E-state index contributed by atoms with van der Waals surface area (Å²) in [5, 5.41) is 0. The van der Waals surface area contributed by atoms with Gasteiger partial charge in [0.2, 0.25) is 0 Å². The van der Waals surface area contributed by atoms with Gasteiger partial charge >= 0.3 is 0 Å². The van der Waals surface area contributed by atoms with Gasteiger partial charge in [0.1, 0.15) is 5.78 Å². The average molecular weight is 251 g/mol. The smallest absolute Gasteiger partial charge is 0.137 e. The molecular formula is C16H29NO. The summed E-state index contributed by atoms with van der Waals surface area (Å²) in [6.07, 6.45) is 7.09. The second kappa shape index (κ2) is 6.18. The SMILES string of the molecule is CC(C)C1CCC(=O)C(CN2CCCCC2C)C1. The van der Waals surface area contributed by atoms with Crippen LogP contribution in [-0.4, -0.2) is 29.8 Å². The summed E-state index contributed by atoms with van der Waals surface area (Å²) < 4.78 is 0. The molecule has 0 bridgehead atoms. The van der Waals surface area contributed by atoms with Gasteiger partial charge in [-0.25, -0.2) is 0 Å². The van der Waals surface area contributed by atoms with Crippen LogP contribution >= 0.6 is 0 Å². The van der Waals surface area contributed by atoms with E-state index in [4.69, 9.17) is 0 Å². The Morgan fingerprint density at radius 2 is 2.06 bits per heavy atom. The predicted octanol–water partition coefficient (Wildman–Crippen LogP) is 3.50. The molecule has 1 aliphatic heterocycles. The minimum Gasteiger partial charge on any atom is -0.300 e. The molecule has 0 aromatic heterocycles. The van der Waals surface area contributed by atoms with Crippen LogP contribution in [0.25, 0.3) is 0 Å². The van der Waals surface area contributed by atoms with Crippen LogP contribution in [0.2, 0.25) is 0 Å². The van der Waals surface area contributed by atoms with Gasteiger partial charge in [-0.1, -0.05) is 20.3 Å². The topological polar surface area (TPSA) is 20.3 Å². The van der Waals surface area contributed by atoms with Gasteiger partial charge in [0, 0.05) is 24.9 Å². The van der Waals surface area contributed by atoms with Crippen LogP contribution in [0, 0.1) is 17.8 Å². The van der Waals surface area contributed by atoms with Crippen LogP contribution in [0.15, 0.2) is 0 Å². The summed E-state index contributed by atoms with van der Waals surface area (Å²) in [5.41, 5.74) is 0.